The molecule has 0 saturated carbocycles. The molecule has 7 nitrogen and oxygen atoms in total. The van der Waals surface area contributed by atoms with E-state index in [0.717, 1.165) is 0 Å². The number of esters is 1. The van der Waals surface area contributed by atoms with E-state index in [-0.39, 0.29) is 28.0 Å². The van der Waals surface area contributed by atoms with E-state index < -0.39 is 16.0 Å². The van der Waals surface area contributed by atoms with Crippen LogP contribution in [0.5, 0.6) is 0 Å². The second-order valence-electron chi connectivity index (χ2n) is 8.43. The van der Waals surface area contributed by atoms with Crippen molar-refractivity contribution in [2.75, 3.05) is 33.3 Å². The number of aryl methyl sites for hydroxylation is 2. The maximum atomic E-state index is 13.5. The summed E-state index contributed by atoms with van der Waals surface area (Å²) >= 11 is 0. The highest BCUT2D eigenvalue weighted by molar-refractivity contribution is 7.89. The van der Waals surface area contributed by atoms with Crippen LogP contribution in [0.15, 0.2) is 57.8 Å². The van der Waals surface area contributed by atoms with E-state index in [0.29, 0.717) is 26.2 Å². The van der Waals surface area contributed by atoms with E-state index in [1.807, 2.05) is 0 Å². The Bertz CT molecular complexity index is 1290. The average Bonchev–Trinajstić information content (AvgIpc) is 3.32. The van der Waals surface area contributed by atoms with Gasteiger partial charge in [-0.1, -0.05) is 48.5 Å². The number of nitrogens with zero attached hydrogens (tertiary/aromatic N) is 2. The first-order chi connectivity index (χ1) is 15.8. The van der Waals surface area contributed by atoms with Crippen LogP contribution in [0.4, 0.5) is 0 Å². The lowest BCUT2D eigenvalue weighted by atomic mass is 10.0. The van der Waals surface area contributed by atoms with Gasteiger partial charge >= 0.3 is 5.97 Å². The summed E-state index contributed by atoms with van der Waals surface area (Å²) in [7, 11) is -2.68. The maximum absolute atomic E-state index is 13.5. The Hall–Kier alpha value is -2.94. The van der Waals surface area contributed by atoms with Crippen LogP contribution < -0.4 is 0 Å². The Morgan fingerprint density at radius 2 is 1.45 bits per heavy atom. The van der Waals surface area contributed by atoms with Crippen LogP contribution in [0.1, 0.15) is 39.0 Å². The Labute approximate surface area is 193 Å². The van der Waals surface area contributed by atoms with Crippen LogP contribution in [0.25, 0.3) is 11.1 Å². The fourth-order valence-corrected chi connectivity index (χ4v) is 6.96. The number of furan rings is 1. The van der Waals surface area contributed by atoms with Gasteiger partial charge in [-0.05, 0) is 36.1 Å². The van der Waals surface area contributed by atoms with Crippen molar-refractivity contribution in [1.29, 1.82) is 0 Å². The van der Waals surface area contributed by atoms with Gasteiger partial charge in [-0.25, -0.2) is 13.2 Å². The molecule has 2 heterocycles. The molecule has 0 radical (unpaired) electrons. The van der Waals surface area contributed by atoms with Crippen molar-refractivity contribution in [3.63, 3.8) is 0 Å². The number of fused-ring (bicyclic) bond motifs is 3. The van der Waals surface area contributed by atoms with Crippen LogP contribution in [0, 0.1) is 13.8 Å². The molecule has 3 aromatic rings. The molecular formula is C25H26N2O5S. The minimum Gasteiger partial charge on any atom is -0.465 e. The second-order valence-corrected chi connectivity index (χ2v) is 10.3. The van der Waals surface area contributed by atoms with Gasteiger partial charge in [0.2, 0.25) is 10.0 Å². The highest BCUT2D eigenvalue weighted by atomic mass is 32.2. The predicted octanol–water partition coefficient (Wildman–Crippen LogP) is 3.76. The lowest BCUT2D eigenvalue weighted by Crippen LogP contribution is -2.49. The zero-order chi connectivity index (χ0) is 23.3. The molecule has 0 bridgehead atoms. The molecule has 0 N–H and O–H groups in total. The molecule has 2 aliphatic rings. The standard InChI is InChI=1S/C25H26N2O5S/c1-16-22(25(28)31-3)24(17(2)32-16)33(29,30)27-14-12-26(13-15-27)23-20-10-6-4-8-18(20)19-9-5-7-11-21(19)23/h4-11,23H,12-15H2,1-3H3. The zero-order valence-electron chi connectivity index (χ0n) is 18.9. The summed E-state index contributed by atoms with van der Waals surface area (Å²) in [5.74, 6) is -0.259. The molecule has 1 aromatic heterocycles. The lowest BCUT2D eigenvalue weighted by Gasteiger charge is -2.38. The number of hydrogen-bond donors (Lipinski definition) is 0. The monoisotopic (exact) mass is 466 g/mol. The number of piperazine rings is 1. The van der Waals surface area contributed by atoms with Gasteiger partial charge in [-0.15, -0.1) is 0 Å². The largest absolute Gasteiger partial charge is 0.465 e. The molecule has 2 aromatic carbocycles. The van der Waals surface area contributed by atoms with Gasteiger partial charge in [-0.2, -0.15) is 4.31 Å². The molecule has 0 atom stereocenters. The fourth-order valence-electron chi connectivity index (χ4n) is 5.17. The van der Waals surface area contributed by atoms with Crippen LogP contribution in [0.3, 0.4) is 0 Å². The number of carbonyl (C=O) groups excluding carboxylic acids is 1. The van der Waals surface area contributed by atoms with E-state index >= 15 is 0 Å². The summed E-state index contributed by atoms with van der Waals surface area (Å²) in [4.78, 5) is 14.5. The van der Waals surface area contributed by atoms with Crippen LogP contribution in [-0.2, 0) is 14.8 Å². The number of methoxy groups -OCH3 is 1. The smallest absolute Gasteiger partial charge is 0.342 e. The highest BCUT2D eigenvalue weighted by Gasteiger charge is 2.40. The topological polar surface area (TPSA) is 80.1 Å². The summed E-state index contributed by atoms with van der Waals surface area (Å²) in [6.07, 6.45) is 0. The minimum atomic E-state index is -3.91. The normalized spacial score (nSPS) is 17.1. The molecule has 33 heavy (non-hydrogen) atoms. The Kier molecular flexibility index (Phi) is 5.39. The molecule has 0 unspecified atom stereocenters. The molecule has 1 aliphatic carbocycles. The second kappa shape index (κ2) is 8.13. The number of hydrogen-bond acceptors (Lipinski definition) is 6. The van der Waals surface area contributed by atoms with Gasteiger partial charge < -0.3 is 9.15 Å². The number of benzene rings is 2. The molecule has 172 valence electrons. The van der Waals surface area contributed by atoms with Crippen molar-refractivity contribution < 1.29 is 22.4 Å². The quantitative estimate of drug-likeness (QED) is 0.545. The van der Waals surface area contributed by atoms with Crippen molar-refractivity contribution in [3.8, 4) is 11.1 Å². The molecule has 1 saturated heterocycles. The van der Waals surface area contributed by atoms with E-state index in [4.69, 9.17) is 9.15 Å². The Morgan fingerprint density at radius 1 is 0.909 bits per heavy atom. The summed E-state index contributed by atoms with van der Waals surface area (Å²) in [6, 6.07) is 16.9. The fraction of sp³-hybridized carbons (Fsp3) is 0.320. The van der Waals surface area contributed by atoms with Crippen LogP contribution in [-0.4, -0.2) is 56.9 Å². The molecule has 0 amide bonds. The minimum absolute atomic E-state index is 0.0175. The molecule has 1 aliphatic heterocycles. The van der Waals surface area contributed by atoms with Gasteiger partial charge in [-0.3, -0.25) is 4.90 Å². The summed E-state index contributed by atoms with van der Waals surface area (Å²) in [5.41, 5.74) is 4.96. The predicted molar refractivity (Wildman–Crippen MR) is 124 cm³/mol. The van der Waals surface area contributed by atoms with Crippen LogP contribution in [0.2, 0.25) is 0 Å². The van der Waals surface area contributed by atoms with Gasteiger partial charge in [0.1, 0.15) is 22.0 Å². The Morgan fingerprint density at radius 3 is 2.00 bits per heavy atom. The van der Waals surface area contributed by atoms with Crippen molar-refractivity contribution >= 4 is 16.0 Å². The van der Waals surface area contributed by atoms with E-state index in [2.05, 4.69) is 53.4 Å². The maximum Gasteiger partial charge on any atom is 0.342 e. The number of ether oxygens (including phenoxy) is 1. The zero-order valence-corrected chi connectivity index (χ0v) is 19.7. The third-order valence-corrected chi connectivity index (χ3v) is 8.68. The van der Waals surface area contributed by atoms with Crippen molar-refractivity contribution in [2.45, 2.75) is 24.8 Å². The first-order valence-electron chi connectivity index (χ1n) is 10.9. The third kappa shape index (κ3) is 3.40. The van der Waals surface area contributed by atoms with Gasteiger partial charge in [0.15, 0.2) is 0 Å². The molecule has 8 heteroatoms. The van der Waals surface area contributed by atoms with E-state index in [9.17, 15) is 13.2 Å². The van der Waals surface area contributed by atoms with Gasteiger partial charge in [0.05, 0.1) is 13.2 Å². The van der Waals surface area contributed by atoms with Crippen molar-refractivity contribution in [2.24, 2.45) is 0 Å². The van der Waals surface area contributed by atoms with Gasteiger partial charge in [0.25, 0.3) is 0 Å². The van der Waals surface area contributed by atoms with Crippen LogP contribution >= 0.6 is 0 Å². The lowest BCUT2D eigenvalue weighted by molar-refractivity contribution is 0.0594. The molecule has 0 spiro atoms. The molecular weight excluding hydrogens is 440 g/mol. The van der Waals surface area contributed by atoms with E-state index in [1.54, 1.807) is 13.8 Å². The third-order valence-electron chi connectivity index (χ3n) is 6.63. The molecule has 5 rings (SSSR count). The summed E-state index contributed by atoms with van der Waals surface area (Å²) in [6.45, 7) is 4.95. The number of carbonyl (C=O) groups is 1. The first-order valence-corrected chi connectivity index (χ1v) is 12.4. The SMILES string of the molecule is COC(=O)c1c(C)oc(C)c1S(=O)(=O)N1CCN(C2c3ccccc3-c3ccccc32)CC1. The van der Waals surface area contributed by atoms with Crippen molar-refractivity contribution in [1.82, 2.24) is 9.21 Å². The van der Waals surface area contributed by atoms with E-state index in [1.165, 1.54) is 33.7 Å². The highest BCUT2D eigenvalue weighted by Crippen LogP contribution is 2.46. The first kappa shape index (κ1) is 21.9. The Balaban J connectivity index is 1.42. The summed E-state index contributed by atoms with van der Waals surface area (Å²) in [5, 5.41) is 0. The number of rotatable bonds is 4. The number of sulfonamides is 1. The average molecular weight is 467 g/mol. The van der Waals surface area contributed by atoms with Gasteiger partial charge in [0, 0.05) is 26.2 Å². The van der Waals surface area contributed by atoms with Crippen molar-refractivity contribution in [3.05, 3.63) is 76.7 Å². The molecule has 1 fully saturated rings. The summed E-state index contributed by atoms with van der Waals surface area (Å²) < 4.78 is 38.8.